The summed E-state index contributed by atoms with van der Waals surface area (Å²) in [5.74, 6) is -0.361. The molecule has 6 heteroatoms. The third-order valence-electron chi connectivity index (χ3n) is 3.63. The van der Waals surface area contributed by atoms with Crippen LogP contribution in [-0.2, 0) is 16.0 Å². The fourth-order valence-electron chi connectivity index (χ4n) is 2.10. The lowest BCUT2D eigenvalue weighted by Gasteiger charge is -2.20. The van der Waals surface area contributed by atoms with E-state index in [1.165, 1.54) is 14.2 Å². The summed E-state index contributed by atoms with van der Waals surface area (Å²) < 4.78 is 10.3. The van der Waals surface area contributed by atoms with E-state index in [0.717, 1.165) is 0 Å². The number of carboxylic acids is 1. The molecule has 0 aromatic heterocycles. The molecule has 0 saturated heterocycles. The molecule has 22 heavy (non-hydrogen) atoms. The Morgan fingerprint density at radius 3 is 2.45 bits per heavy atom. The van der Waals surface area contributed by atoms with Crippen molar-refractivity contribution in [1.29, 1.82) is 0 Å². The third-order valence-corrected chi connectivity index (χ3v) is 3.63. The van der Waals surface area contributed by atoms with Gasteiger partial charge in [-0.1, -0.05) is 20.3 Å². The maximum absolute atomic E-state index is 12.1. The molecule has 0 aliphatic rings. The van der Waals surface area contributed by atoms with Crippen LogP contribution in [0.25, 0.3) is 0 Å². The molecule has 122 valence electrons. The molecule has 0 bridgehead atoms. The second kappa shape index (κ2) is 8.26. The summed E-state index contributed by atoms with van der Waals surface area (Å²) in [6.45, 7) is 3.68. The molecule has 6 nitrogen and oxygen atoms in total. The average Bonchev–Trinajstić information content (AvgIpc) is 2.51. The smallest absolute Gasteiger partial charge is 0.326 e. The fourth-order valence-corrected chi connectivity index (χ4v) is 2.10. The van der Waals surface area contributed by atoms with E-state index in [1.807, 2.05) is 6.92 Å². The molecule has 2 atom stereocenters. The van der Waals surface area contributed by atoms with Crippen LogP contribution < -0.4 is 14.8 Å². The van der Waals surface area contributed by atoms with Crippen molar-refractivity contribution in [3.05, 3.63) is 23.8 Å². The maximum atomic E-state index is 12.1. The van der Waals surface area contributed by atoms with Crippen molar-refractivity contribution < 1.29 is 24.2 Å². The van der Waals surface area contributed by atoms with Gasteiger partial charge < -0.3 is 19.9 Å². The zero-order valence-corrected chi connectivity index (χ0v) is 13.4. The topological polar surface area (TPSA) is 84.9 Å². The Labute approximate surface area is 130 Å². The van der Waals surface area contributed by atoms with E-state index in [-0.39, 0.29) is 18.2 Å². The second-order valence-electron chi connectivity index (χ2n) is 5.12. The molecule has 1 aromatic carbocycles. The van der Waals surface area contributed by atoms with Gasteiger partial charge in [0.2, 0.25) is 5.91 Å². The first-order valence-electron chi connectivity index (χ1n) is 7.16. The van der Waals surface area contributed by atoms with Crippen LogP contribution in [0.1, 0.15) is 25.8 Å². The number of rotatable bonds is 8. The van der Waals surface area contributed by atoms with Gasteiger partial charge in [0.25, 0.3) is 0 Å². The first kappa shape index (κ1) is 17.8. The number of carbonyl (C=O) groups is 2. The van der Waals surface area contributed by atoms with Crippen LogP contribution in [0, 0.1) is 5.92 Å². The monoisotopic (exact) mass is 309 g/mol. The van der Waals surface area contributed by atoms with E-state index in [1.54, 1.807) is 25.1 Å². The molecule has 0 fully saturated rings. The highest BCUT2D eigenvalue weighted by Crippen LogP contribution is 2.24. The number of hydrogen-bond donors (Lipinski definition) is 2. The van der Waals surface area contributed by atoms with Crippen molar-refractivity contribution in [2.45, 2.75) is 32.7 Å². The predicted octanol–water partition coefficient (Wildman–Crippen LogP) is 1.86. The van der Waals surface area contributed by atoms with Crippen molar-refractivity contribution in [3.8, 4) is 11.5 Å². The van der Waals surface area contributed by atoms with Crippen LogP contribution in [0.4, 0.5) is 0 Å². The Hall–Kier alpha value is -2.24. The van der Waals surface area contributed by atoms with Gasteiger partial charge in [0.1, 0.15) is 17.5 Å². The quantitative estimate of drug-likeness (QED) is 0.765. The van der Waals surface area contributed by atoms with Crippen molar-refractivity contribution in [1.82, 2.24) is 5.32 Å². The minimum absolute atomic E-state index is 0.0284. The van der Waals surface area contributed by atoms with Gasteiger partial charge in [-0.2, -0.15) is 0 Å². The lowest BCUT2D eigenvalue weighted by molar-refractivity contribution is -0.143. The maximum Gasteiger partial charge on any atom is 0.326 e. The van der Waals surface area contributed by atoms with Gasteiger partial charge in [-0.25, -0.2) is 4.79 Å². The fraction of sp³-hybridized carbons (Fsp3) is 0.500. The lowest BCUT2D eigenvalue weighted by atomic mass is 9.99. The van der Waals surface area contributed by atoms with Gasteiger partial charge in [-0.3, -0.25) is 4.79 Å². The number of nitrogens with one attached hydrogen (secondary N) is 1. The van der Waals surface area contributed by atoms with Gasteiger partial charge >= 0.3 is 5.97 Å². The van der Waals surface area contributed by atoms with Crippen LogP contribution in [0.5, 0.6) is 11.5 Å². The van der Waals surface area contributed by atoms with Crippen LogP contribution in [-0.4, -0.2) is 37.2 Å². The minimum atomic E-state index is -1.03. The molecular formula is C16H23NO5. The van der Waals surface area contributed by atoms with Crippen molar-refractivity contribution >= 4 is 11.9 Å². The molecule has 0 spiro atoms. The Morgan fingerprint density at radius 1 is 1.27 bits per heavy atom. The lowest BCUT2D eigenvalue weighted by Crippen LogP contribution is -2.45. The third kappa shape index (κ3) is 4.65. The minimum Gasteiger partial charge on any atom is -0.497 e. The molecule has 0 aliphatic carbocycles. The van der Waals surface area contributed by atoms with Gasteiger partial charge in [0, 0.05) is 5.56 Å². The summed E-state index contributed by atoms with van der Waals surface area (Å²) in [7, 11) is 3.05. The number of carbonyl (C=O) groups excluding carboxylic acids is 1. The Morgan fingerprint density at radius 2 is 1.95 bits per heavy atom. The Balaban J connectivity index is 2.85. The first-order chi connectivity index (χ1) is 10.4. The van der Waals surface area contributed by atoms with E-state index in [2.05, 4.69) is 5.32 Å². The molecule has 0 radical (unpaired) electrons. The summed E-state index contributed by atoms with van der Waals surface area (Å²) >= 11 is 0. The van der Waals surface area contributed by atoms with E-state index in [9.17, 15) is 14.7 Å². The number of benzene rings is 1. The molecule has 2 unspecified atom stereocenters. The zero-order chi connectivity index (χ0) is 16.7. The Bertz CT molecular complexity index is 529. The summed E-state index contributed by atoms with van der Waals surface area (Å²) in [6.07, 6.45) is 0.695. The summed E-state index contributed by atoms with van der Waals surface area (Å²) in [6, 6.07) is 4.26. The number of carboxylic acid groups (broad SMARTS) is 1. The standard InChI is InChI=1S/C16H23NO5/c1-5-10(2)15(16(19)20)17-14(18)9-11-8-12(21-3)6-7-13(11)22-4/h6-8,10,15H,5,9H2,1-4H3,(H,17,18)(H,19,20). The molecule has 1 rings (SSSR count). The predicted molar refractivity (Wildman–Crippen MR) is 82.3 cm³/mol. The largest absolute Gasteiger partial charge is 0.497 e. The van der Waals surface area contributed by atoms with Gasteiger partial charge in [-0.15, -0.1) is 0 Å². The molecule has 0 heterocycles. The molecule has 0 aliphatic heterocycles. The molecular weight excluding hydrogens is 286 g/mol. The van der Waals surface area contributed by atoms with Crippen LogP contribution in [0.15, 0.2) is 18.2 Å². The average molecular weight is 309 g/mol. The van der Waals surface area contributed by atoms with Crippen LogP contribution in [0.3, 0.4) is 0 Å². The van der Waals surface area contributed by atoms with E-state index >= 15 is 0 Å². The number of amides is 1. The van der Waals surface area contributed by atoms with Crippen molar-refractivity contribution in [3.63, 3.8) is 0 Å². The SMILES string of the molecule is CCC(C)C(NC(=O)Cc1cc(OC)ccc1OC)C(=O)O. The second-order valence-corrected chi connectivity index (χ2v) is 5.12. The van der Waals surface area contributed by atoms with Crippen LogP contribution >= 0.6 is 0 Å². The summed E-state index contributed by atoms with van der Waals surface area (Å²) in [4.78, 5) is 23.4. The van der Waals surface area contributed by atoms with E-state index < -0.39 is 12.0 Å². The number of hydrogen-bond acceptors (Lipinski definition) is 4. The van der Waals surface area contributed by atoms with Crippen LogP contribution in [0.2, 0.25) is 0 Å². The number of aliphatic carboxylic acids is 1. The van der Waals surface area contributed by atoms with Gasteiger partial charge in [0.15, 0.2) is 0 Å². The van der Waals surface area contributed by atoms with Gasteiger partial charge in [0.05, 0.1) is 20.6 Å². The highest BCUT2D eigenvalue weighted by molar-refractivity contribution is 5.85. The molecule has 1 aromatic rings. The van der Waals surface area contributed by atoms with E-state index in [4.69, 9.17) is 9.47 Å². The van der Waals surface area contributed by atoms with Crippen molar-refractivity contribution in [2.24, 2.45) is 5.92 Å². The summed E-state index contributed by atoms with van der Waals surface area (Å²) in [5, 5.41) is 11.8. The first-order valence-corrected chi connectivity index (χ1v) is 7.16. The van der Waals surface area contributed by atoms with Gasteiger partial charge in [-0.05, 0) is 24.1 Å². The Kier molecular flexibility index (Phi) is 6.69. The highest BCUT2D eigenvalue weighted by Gasteiger charge is 2.25. The molecule has 0 saturated carbocycles. The highest BCUT2D eigenvalue weighted by atomic mass is 16.5. The summed E-state index contributed by atoms with van der Waals surface area (Å²) in [5.41, 5.74) is 0.646. The number of ether oxygens (including phenoxy) is 2. The van der Waals surface area contributed by atoms with E-state index in [0.29, 0.717) is 23.5 Å². The van der Waals surface area contributed by atoms with Crippen molar-refractivity contribution in [2.75, 3.05) is 14.2 Å². The molecule has 1 amide bonds. The number of methoxy groups -OCH3 is 2. The molecule has 2 N–H and O–H groups in total. The zero-order valence-electron chi connectivity index (χ0n) is 13.4. The normalized spacial score (nSPS) is 13.1.